The Labute approximate surface area is 129 Å². The van der Waals surface area contributed by atoms with Crippen molar-refractivity contribution in [1.82, 2.24) is 15.5 Å². The van der Waals surface area contributed by atoms with Crippen LogP contribution < -0.4 is 15.8 Å². The van der Waals surface area contributed by atoms with E-state index in [-0.39, 0.29) is 18.3 Å². The summed E-state index contributed by atoms with van der Waals surface area (Å²) in [6, 6.07) is 5.97. The second-order valence-electron chi connectivity index (χ2n) is 5.14. The SMILES string of the molecule is Nc1nnc(CCNC(=O)c2ccc(OC3CC3(F)F)cc2)o1. The van der Waals surface area contributed by atoms with Crippen LogP contribution in [0.3, 0.4) is 0 Å². The van der Waals surface area contributed by atoms with Gasteiger partial charge in [0.1, 0.15) is 5.75 Å². The molecule has 0 saturated heterocycles. The van der Waals surface area contributed by atoms with Gasteiger partial charge < -0.3 is 20.2 Å². The number of amides is 1. The number of hydrogen-bond donors (Lipinski definition) is 2. The molecule has 1 aromatic carbocycles. The van der Waals surface area contributed by atoms with Crippen LogP contribution in [0.25, 0.3) is 0 Å². The highest BCUT2D eigenvalue weighted by Gasteiger charge is 2.59. The summed E-state index contributed by atoms with van der Waals surface area (Å²) in [7, 11) is 0. The Hall–Kier alpha value is -2.71. The standard InChI is InChI=1S/C14H14F2N4O3/c15-14(16)7-10(14)22-9-3-1-8(2-4-9)12(21)18-6-5-11-19-20-13(17)23-11/h1-4,10H,5-7H2,(H2,17,20)(H,18,21). The van der Waals surface area contributed by atoms with Crippen molar-refractivity contribution < 1.29 is 22.7 Å². The highest BCUT2D eigenvalue weighted by Crippen LogP contribution is 2.44. The number of hydrogen-bond acceptors (Lipinski definition) is 6. The number of nitrogen functional groups attached to an aromatic ring is 1. The van der Waals surface area contributed by atoms with Crippen LogP contribution in [-0.2, 0) is 6.42 Å². The van der Waals surface area contributed by atoms with Crippen molar-refractivity contribution in [2.45, 2.75) is 24.9 Å². The van der Waals surface area contributed by atoms with Crippen molar-refractivity contribution >= 4 is 11.9 Å². The summed E-state index contributed by atoms with van der Waals surface area (Å²) < 4.78 is 35.6. The molecule has 1 amide bonds. The van der Waals surface area contributed by atoms with E-state index < -0.39 is 12.0 Å². The number of nitrogens with zero attached hydrogens (tertiary/aromatic N) is 2. The third kappa shape index (κ3) is 3.74. The van der Waals surface area contributed by atoms with E-state index in [1.54, 1.807) is 0 Å². The lowest BCUT2D eigenvalue weighted by molar-refractivity contribution is 0.0665. The number of ether oxygens (including phenoxy) is 1. The van der Waals surface area contributed by atoms with Gasteiger partial charge in [-0.05, 0) is 24.3 Å². The van der Waals surface area contributed by atoms with Crippen molar-refractivity contribution in [2.24, 2.45) is 0 Å². The van der Waals surface area contributed by atoms with Crippen LogP contribution in [0.1, 0.15) is 22.7 Å². The molecule has 3 N–H and O–H groups in total. The van der Waals surface area contributed by atoms with Crippen molar-refractivity contribution in [3.8, 4) is 5.75 Å². The van der Waals surface area contributed by atoms with Crippen molar-refractivity contribution in [3.63, 3.8) is 0 Å². The third-order valence-corrected chi connectivity index (χ3v) is 3.27. The first kappa shape index (κ1) is 15.2. The molecule has 122 valence electrons. The van der Waals surface area contributed by atoms with E-state index in [0.29, 0.717) is 30.2 Å². The number of alkyl halides is 2. The first-order valence-corrected chi connectivity index (χ1v) is 6.95. The summed E-state index contributed by atoms with van der Waals surface area (Å²) in [5.74, 6) is -2.41. The van der Waals surface area contributed by atoms with Crippen molar-refractivity contribution in [1.29, 1.82) is 0 Å². The van der Waals surface area contributed by atoms with Crippen LogP contribution in [0.15, 0.2) is 28.7 Å². The zero-order valence-corrected chi connectivity index (χ0v) is 12.0. The monoisotopic (exact) mass is 324 g/mol. The summed E-state index contributed by atoms with van der Waals surface area (Å²) >= 11 is 0. The third-order valence-electron chi connectivity index (χ3n) is 3.27. The first-order chi connectivity index (χ1) is 10.9. The van der Waals surface area contributed by atoms with E-state index in [4.69, 9.17) is 14.9 Å². The molecule has 23 heavy (non-hydrogen) atoms. The molecule has 2 aromatic rings. The quantitative estimate of drug-likeness (QED) is 0.833. The minimum absolute atomic E-state index is 0.0249. The van der Waals surface area contributed by atoms with Gasteiger partial charge in [-0.25, -0.2) is 8.78 Å². The maximum absolute atomic E-state index is 12.8. The Kier molecular flexibility index (Phi) is 3.85. The topological polar surface area (TPSA) is 103 Å². The van der Waals surface area contributed by atoms with Gasteiger partial charge in [0.25, 0.3) is 11.8 Å². The smallest absolute Gasteiger partial charge is 0.312 e. The molecular weight excluding hydrogens is 310 g/mol. The van der Waals surface area contributed by atoms with Crippen LogP contribution >= 0.6 is 0 Å². The summed E-state index contributed by atoms with van der Waals surface area (Å²) in [5, 5.41) is 9.85. The average Bonchev–Trinajstić information content (AvgIpc) is 2.90. The largest absolute Gasteiger partial charge is 0.484 e. The number of aromatic nitrogens is 2. The fraction of sp³-hybridized carbons (Fsp3) is 0.357. The van der Waals surface area contributed by atoms with Crippen LogP contribution in [0, 0.1) is 0 Å². The van der Waals surface area contributed by atoms with Gasteiger partial charge in [0.15, 0.2) is 6.10 Å². The average molecular weight is 324 g/mol. The number of anilines is 1. The Morgan fingerprint density at radius 1 is 1.39 bits per heavy atom. The van der Waals surface area contributed by atoms with E-state index in [1.165, 1.54) is 24.3 Å². The first-order valence-electron chi connectivity index (χ1n) is 6.95. The van der Waals surface area contributed by atoms with Crippen LogP contribution in [-0.4, -0.2) is 34.7 Å². The summed E-state index contributed by atoms with van der Waals surface area (Å²) in [6.45, 7) is 0.299. The Morgan fingerprint density at radius 2 is 2.09 bits per heavy atom. The molecule has 9 heteroatoms. The molecule has 0 radical (unpaired) electrons. The second kappa shape index (κ2) is 5.82. The van der Waals surface area contributed by atoms with Gasteiger partial charge in [0, 0.05) is 18.5 Å². The number of rotatable bonds is 6. The molecule has 1 aromatic heterocycles. The molecule has 1 heterocycles. The maximum Gasteiger partial charge on any atom is 0.312 e. The van der Waals surface area contributed by atoms with Crippen LogP contribution in [0.5, 0.6) is 5.75 Å². The van der Waals surface area contributed by atoms with Crippen molar-refractivity contribution in [2.75, 3.05) is 12.3 Å². The fourth-order valence-electron chi connectivity index (χ4n) is 1.92. The van der Waals surface area contributed by atoms with Gasteiger partial charge in [0.2, 0.25) is 5.89 Å². The minimum Gasteiger partial charge on any atom is -0.484 e. The lowest BCUT2D eigenvalue weighted by atomic mass is 10.2. The molecule has 0 spiro atoms. The Morgan fingerprint density at radius 3 is 2.65 bits per heavy atom. The molecule has 1 fully saturated rings. The number of benzene rings is 1. The van der Waals surface area contributed by atoms with Crippen LogP contribution in [0.2, 0.25) is 0 Å². The number of carbonyl (C=O) groups excluding carboxylic acids is 1. The molecule has 1 aliphatic rings. The molecular formula is C14H14F2N4O3. The van der Waals surface area contributed by atoms with E-state index in [1.807, 2.05) is 0 Å². The van der Waals surface area contributed by atoms with Gasteiger partial charge in [-0.15, -0.1) is 5.10 Å². The number of nitrogens with one attached hydrogen (secondary N) is 1. The predicted molar refractivity (Wildman–Crippen MR) is 75.2 cm³/mol. The molecule has 7 nitrogen and oxygen atoms in total. The summed E-state index contributed by atoms with van der Waals surface area (Å²) in [4.78, 5) is 11.9. The highest BCUT2D eigenvalue weighted by atomic mass is 19.3. The minimum atomic E-state index is -2.74. The lowest BCUT2D eigenvalue weighted by Gasteiger charge is -2.07. The van der Waals surface area contributed by atoms with Gasteiger partial charge in [-0.2, -0.15) is 0 Å². The molecule has 1 atom stereocenters. The normalized spacial score (nSPS) is 18.4. The van der Waals surface area contributed by atoms with Gasteiger partial charge in [-0.3, -0.25) is 4.79 Å². The van der Waals surface area contributed by atoms with E-state index in [0.717, 1.165) is 0 Å². The van der Waals surface area contributed by atoms with E-state index >= 15 is 0 Å². The van der Waals surface area contributed by atoms with E-state index in [2.05, 4.69) is 15.5 Å². The van der Waals surface area contributed by atoms with Gasteiger partial charge >= 0.3 is 6.01 Å². The predicted octanol–water partition coefficient (Wildman–Crippen LogP) is 1.41. The van der Waals surface area contributed by atoms with Crippen LogP contribution in [0.4, 0.5) is 14.8 Å². The van der Waals surface area contributed by atoms with Crippen molar-refractivity contribution in [3.05, 3.63) is 35.7 Å². The molecule has 1 aliphatic carbocycles. The fourth-order valence-corrected chi connectivity index (χ4v) is 1.92. The zero-order chi connectivity index (χ0) is 16.4. The molecule has 0 aliphatic heterocycles. The number of carbonyl (C=O) groups is 1. The zero-order valence-electron chi connectivity index (χ0n) is 12.0. The Balaban J connectivity index is 1.47. The lowest BCUT2D eigenvalue weighted by Crippen LogP contribution is -2.25. The van der Waals surface area contributed by atoms with E-state index in [9.17, 15) is 13.6 Å². The summed E-state index contributed by atoms with van der Waals surface area (Å²) in [5.41, 5.74) is 5.68. The molecule has 1 unspecified atom stereocenters. The van der Waals surface area contributed by atoms with Gasteiger partial charge in [0.05, 0.1) is 6.42 Å². The maximum atomic E-state index is 12.8. The number of halogens is 2. The second-order valence-corrected chi connectivity index (χ2v) is 5.14. The molecule has 1 saturated carbocycles. The molecule has 3 rings (SSSR count). The molecule has 0 bridgehead atoms. The summed E-state index contributed by atoms with van der Waals surface area (Å²) in [6.07, 6.45) is -0.979. The Bertz CT molecular complexity index is 702. The highest BCUT2D eigenvalue weighted by molar-refractivity contribution is 5.94. The number of nitrogens with two attached hydrogens (primary N) is 1. The van der Waals surface area contributed by atoms with Gasteiger partial charge in [-0.1, -0.05) is 5.10 Å².